The zero-order valence-electron chi connectivity index (χ0n) is 18.5. The van der Waals surface area contributed by atoms with E-state index in [1.54, 1.807) is 4.90 Å². The first-order valence-corrected chi connectivity index (χ1v) is 11.3. The third-order valence-electron chi connectivity index (χ3n) is 7.14. The number of carbonyl (C=O) groups is 2. The smallest absolute Gasteiger partial charge is 0.241 e. The van der Waals surface area contributed by atoms with Gasteiger partial charge in [-0.05, 0) is 43.0 Å². The average Bonchev–Trinajstić information content (AvgIpc) is 3.62. The van der Waals surface area contributed by atoms with Gasteiger partial charge in [0.1, 0.15) is 6.04 Å². The molecule has 1 unspecified atom stereocenters. The van der Waals surface area contributed by atoms with Gasteiger partial charge in [-0.25, -0.2) is 0 Å². The van der Waals surface area contributed by atoms with E-state index in [-0.39, 0.29) is 36.0 Å². The van der Waals surface area contributed by atoms with Crippen LogP contribution in [-0.2, 0) is 9.59 Å². The number of rotatable bonds is 6. The maximum atomic E-state index is 13.3. The van der Waals surface area contributed by atoms with Crippen LogP contribution < -0.4 is 5.73 Å². The van der Waals surface area contributed by atoms with E-state index in [1.165, 1.54) is 0 Å². The zero-order valence-corrected chi connectivity index (χ0v) is 18.5. The first kappa shape index (κ1) is 21.5. The Balaban J connectivity index is 1.24. The lowest BCUT2D eigenvalue weighted by Gasteiger charge is -2.38. The van der Waals surface area contributed by atoms with Crippen molar-refractivity contribution in [2.75, 3.05) is 19.6 Å². The largest absolute Gasteiger partial charge is 0.330 e. The lowest BCUT2D eigenvalue weighted by molar-refractivity contribution is -0.140. The SMILES string of the molecule is C[C@H](c1cccc(-c2nn[nH]n2)c1)N1C(=O)[C@H]2CC1CN2C[C@H](N)C(=O)N1CCC[C@H]1C#N. The molecule has 3 aliphatic rings. The normalized spacial score (nSPS) is 26.6. The van der Waals surface area contributed by atoms with Gasteiger partial charge in [0.15, 0.2) is 0 Å². The van der Waals surface area contributed by atoms with E-state index in [2.05, 4.69) is 26.7 Å². The third-order valence-corrected chi connectivity index (χ3v) is 7.14. The van der Waals surface area contributed by atoms with Gasteiger partial charge in [-0.2, -0.15) is 10.5 Å². The number of piperazine rings is 1. The van der Waals surface area contributed by atoms with Gasteiger partial charge in [-0.1, -0.05) is 18.2 Å². The number of aromatic nitrogens is 4. The van der Waals surface area contributed by atoms with Crippen LogP contribution in [0.3, 0.4) is 0 Å². The molecular formula is C22H27N9O2. The summed E-state index contributed by atoms with van der Waals surface area (Å²) < 4.78 is 0. The molecule has 1 aromatic carbocycles. The molecule has 11 heteroatoms. The second kappa shape index (κ2) is 8.53. The fourth-order valence-corrected chi connectivity index (χ4v) is 5.49. The van der Waals surface area contributed by atoms with Crippen molar-refractivity contribution in [3.05, 3.63) is 29.8 Å². The number of hydrogen-bond donors (Lipinski definition) is 2. The van der Waals surface area contributed by atoms with Crippen molar-refractivity contribution >= 4 is 11.8 Å². The number of hydrogen-bond acceptors (Lipinski definition) is 8. The summed E-state index contributed by atoms with van der Waals surface area (Å²) in [4.78, 5) is 31.6. The number of nitrogens with zero attached hydrogens (tertiary/aromatic N) is 7. The van der Waals surface area contributed by atoms with Crippen LogP contribution in [0, 0.1) is 11.3 Å². The second-order valence-electron chi connectivity index (χ2n) is 9.07. The van der Waals surface area contributed by atoms with Crippen LogP contribution in [0.4, 0.5) is 0 Å². The fourth-order valence-electron chi connectivity index (χ4n) is 5.49. The predicted octanol–water partition coefficient (Wildman–Crippen LogP) is 0.0547. The number of H-pyrrole nitrogens is 1. The predicted molar refractivity (Wildman–Crippen MR) is 117 cm³/mol. The Kier molecular flexibility index (Phi) is 5.55. The van der Waals surface area contributed by atoms with Crippen LogP contribution in [0.25, 0.3) is 11.4 Å². The van der Waals surface area contributed by atoms with Gasteiger partial charge >= 0.3 is 0 Å². The maximum Gasteiger partial charge on any atom is 0.241 e. The summed E-state index contributed by atoms with van der Waals surface area (Å²) in [6.07, 6.45) is 2.26. The summed E-state index contributed by atoms with van der Waals surface area (Å²) in [5.41, 5.74) is 8.08. The molecule has 0 spiro atoms. The molecule has 0 radical (unpaired) electrons. The van der Waals surface area contributed by atoms with Crippen molar-refractivity contribution in [2.24, 2.45) is 5.73 Å². The first-order chi connectivity index (χ1) is 16.0. The molecule has 11 nitrogen and oxygen atoms in total. The molecule has 5 atom stereocenters. The quantitative estimate of drug-likeness (QED) is 0.629. The maximum absolute atomic E-state index is 13.3. The van der Waals surface area contributed by atoms with Crippen LogP contribution in [0.1, 0.15) is 37.8 Å². The third kappa shape index (κ3) is 3.75. The number of fused-ring (bicyclic) bond motifs is 2. The summed E-state index contributed by atoms with van der Waals surface area (Å²) in [6.45, 7) is 3.62. The van der Waals surface area contributed by atoms with Gasteiger partial charge < -0.3 is 15.5 Å². The van der Waals surface area contributed by atoms with E-state index in [4.69, 9.17) is 5.73 Å². The van der Waals surface area contributed by atoms with E-state index >= 15 is 0 Å². The molecule has 172 valence electrons. The Hall–Kier alpha value is -3.36. The molecule has 2 amide bonds. The molecule has 1 aromatic heterocycles. The highest BCUT2D eigenvalue weighted by atomic mass is 16.2. The van der Waals surface area contributed by atoms with Gasteiger partial charge in [0.05, 0.1) is 24.2 Å². The lowest BCUT2D eigenvalue weighted by Crippen LogP contribution is -2.56. The van der Waals surface area contributed by atoms with E-state index in [9.17, 15) is 14.9 Å². The molecule has 4 heterocycles. The van der Waals surface area contributed by atoms with Crippen LogP contribution in [0.2, 0.25) is 0 Å². The van der Waals surface area contributed by atoms with Crippen LogP contribution in [0.5, 0.6) is 0 Å². The van der Waals surface area contributed by atoms with E-state index < -0.39 is 6.04 Å². The zero-order chi connectivity index (χ0) is 23.1. The van der Waals surface area contributed by atoms with Crippen molar-refractivity contribution in [1.29, 1.82) is 5.26 Å². The van der Waals surface area contributed by atoms with Crippen LogP contribution >= 0.6 is 0 Å². The average molecular weight is 450 g/mol. The van der Waals surface area contributed by atoms with Crippen molar-refractivity contribution < 1.29 is 9.59 Å². The summed E-state index contributed by atoms with van der Waals surface area (Å²) in [7, 11) is 0. The van der Waals surface area contributed by atoms with Crippen molar-refractivity contribution in [3.63, 3.8) is 0 Å². The topological polar surface area (TPSA) is 148 Å². The molecule has 5 rings (SSSR count). The number of benzene rings is 1. The minimum atomic E-state index is -0.733. The van der Waals surface area contributed by atoms with Crippen LogP contribution in [0.15, 0.2) is 24.3 Å². The number of nitrogens with one attached hydrogen (secondary N) is 1. The molecule has 2 aromatic rings. The minimum absolute atomic E-state index is 0.0689. The minimum Gasteiger partial charge on any atom is -0.330 e. The molecule has 33 heavy (non-hydrogen) atoms. The van der Waals surface area contributed by atoms with Gasteiger partial charge in [0, 0.05) is 31.2 Å². The summed E-state index contributed by atoms with van der Waals surface area (Å²) >= 11 is 0. The van der Waals surface area contributed by atoms with E-state index in [0.717, 1.165) is 24.0 Å². The van der Waals surface area contributed by atoms with Crippen molar-refractivity contribution in [1.82, 2.24) is 35.3 Å². The van der Waals surface area contributed by atoms with Gasteiger partial charge in [0.25, 0.3) is 0 Å². The van der Waals surface area contributed by atoms with Gasteiger partial charge in [-0.3, -0.25) is 14.5 Å². The van der Waals surface area contributed by atoms with Crippen LogP contribution in [-0.4, -0.2) is 90.9 Å². The summed E-state index contributed by atoms with van der Waals surface area (Å²) in [5, 5.41) is 23.4. The molecule has 3 fully saturated rings. The number of nitriles is 1. The molecule has 0 aliphatic carbocycles. The number of tetrazole rings is 1. The molecular weight excluding hydrogens is 422 g/mol. The highest BCUT2D eigenvalue weighted by molar-refractivity contribution is 5.87. The Morgan fingerprint density at radius 2 is 2.27 bits per heavy atom. The fraction of sp³-hybridized carbons (Fsp3) is 0.545. The molecule has 2 bridgehead atoms. The molecule has 0 saturated carbocycles. The first-order valence-electron chi connectivity index (χ1n) is 11.3. The Morgan fingerprint density at radius 1 is 1.42 bits per heavy atom. The molecule has 3 aliphatic heterocycles. The number of amides is 2. The van der Waals surface area contributed by atoms with Crippen molar-refractivity contribution in [2.45, 2.75) is 56.4 Å². The monoisotopic (exact) mass is 449 g/mol. The Bertz CT molecular complexity index is 1080. The lowest BCUT2D eigenvalue weighted by atomic mass is 10.0. The van der Waals surface area contributed by atoms with Crippen molar-refractivity contribution in [3.8, 4) is 17.5 Å². The summed E-state index contributed by atoms with van der Waals surface area (Å²) in [6, 6.07) is 8.61. The standard InChI is InChI=1S/C22H27N9O2/c1-13(14-4-2-5-15(8-14)20-25-27-28-26-20)31-17-9-19(22(31)33)29(11-17)12-18(24)21(32)30-7-3-6-16(30)10-23/h2,4-5,8,13,16-19H,3,6-7,9,11-12,24H2,1H3,(H,25,26,27,28)/t13-,16+,17?,18+,19-/m1/s1. The molecule has 3 N–H and O–H groups in total. The van der Waals surface area contributed by atoms with E-state index in [1.807, 2.05) is 41.0 Å². The second-order valence-corrected chi connectivity index (χ2v) is 9.07. The molecule has 3 saturated heterocycles. The highest BCUT2D eigenvalue weighted by Crippen LogP contribution is 2.38. The number of nitrogens with two attached hydrogens (primary N) is 1. The van der Waals surface area contributed by atoms with E-state index in [0.29, 0.717) is 31.9 Å². The Labute approximate surface area is 191 Å². The Morgan fingerprint density at radius 3 is 3.00 bits per heavy atom. The number of aromatic amines is 1. The van der Waals surface area contributed by atoms with Gasteiger partial charge in [-0.15, -0.1) is 10.2 Å². The number of carbonyl (C=O) groups excluding carboxylic acids is 2. The number of likely N-dealkylation sites (tertiary alicyclic amines) is 3. The summed E-state index contributed by atoms with van der Waals surface area (Å²) in [5.74, 6) is 0.386. The van der Waals surface area contributed by atoms with Gasteiger partial charge in [0.2, 0.25) is 17.6 Å². The highest BCUT2D eigenvalue weighted by Gasteiger charge is 2.51.